The zero-order valence-corrected chi connectivity index (χ0v) is 14.6. The summed E-state index contributed by atoms with van der Waals surface area (Å²) >= 11 is 0. The summed E-state index contributed by atoms with van der Waals surface area (Å²) in [5, 5.41) is 0. The van der Waals surface area contributed by atoms with Gasteiger partial charge in [0.1, 0.15) is 19.1 Å². The fraction of sp³-hybridized carbons (Fsp3) is 0.882. The Bertz CT molecular complexity index is 401. The van der Waals surface area contributed by atoms with Gasteiger partial charge < -0.3 is 9.47 Å². The first-order chi connectivity index (χ1) is 9.63. The van der Waals surface area contributed by atoms with Crippen LogP contribution in [0.5, 0.6) is 0 Å². The highest BCUT2D eigenvalue weighted by atomic mass is 16.5. The van der Waals surface area contributed by atoms with Crippen molar-refractivity contribution < 1.29 is 9.47 Å². The predicted molar refractivity (Wildman–Crippen MR) is 87.0 cm³/mol. The molecule has 0 saturated carbocycles. The van der Waals surface area contributed by atoms with Crippen molar-refractivity contribution in [2.24, 2.45) is 26.7 Å². The second-order valence-corrected chi connectivity index (χ2v) is 8.28. The van der Waals surface area contributed by atoms with Gasteiger partial charge >= 0.3 is 0 Å². The van der Waals surface area contributed by atoms with Crippen LogP contribution in [0.3, 0.4) is 0 Å². The van der Waals surface area contributed by atoms with Crippen LogP contribution < -0.4 is 0 Å². The van der Waals surface area contributed by atoms with E-state index in [0.29, 0.717) is 13.2 Å². The van der Waals surface area contributed by atoms with Crippen molar-refractivity contribution in [1.29, 1.82) is 0 Å². The Balaban J connectivity index is 2.15. The number of rotatable bonds is 3. The molecule has 2 atom stereocenters. The van der Waals surface area contributed by atoms with E-state index in [1.807, 2.05) is 0 Å². The fourth-order valence-electron chi connectivity index (χ4n) is 2.51. The van der Waals surface area contributed by atoms with E-state index in [-0.39, 0.29) is 28.8 Å². The van der Waals surface area contributed by atoms with Crippen molar-refractivity contribution in [2.45, 2.75) is 67.0 Å². The van der Waals surface area contributed by atoms with Gasteiger partial charge in [-0.3, -0.25) is 0 Å². The zero-order valence-electron chi connectivity index (χ0n) is 14.6. The van der Waals surface area contributed by atoms with Crippen LogP contribution in [-0.4, -0.2) is 37.1 Å². The normalized spacial score (nSPS) is 27.8. The Morgan fingerprint density at radius 1 is 0.905 bits per heavy atom. The molecule has 0 aromatic carbocycles. The summed E-state index contributed by atoms with van der Waals surface area (Å²) in [7, 11) is 0. The van der Waals surface area contributed by atoms with E-state index in [2.05, 4.69) is 48.5 Å². The van der Waals surface area contributed by atoms with Crippen molar-refractivity contribution in [3.05, 3.63) is 0 Å². The largest absolute Gasteiger partial charge is 0.478 e. The third kappa shape index (κ3) is 3.58. The lowest BCUT2D eigenvalue weighted by Gasteiger charge is -2.22. The van der Waals surface area contributed by atoms with Crippen LogP contribution in [0.15, 0.2) is 9.98 Å². The number of nitrogens with zero attached hydrogens (tertiary/aromatic N) is 2. The number of aliphatic imine (C=N–C) groups is 2. The third-order valence-electron chi connectivity index (χ3n) is 4.35. The van der Waals surface area contributed by atoms with Crippen LogP contribution >= 0.6 is 0 Å². The minimum atomic E-state index is 0.0738. The van der Waals surface area contributed by atoms with Gasteiger partial charge in [0.2, 0.25) is 0 Å². The van der Waals surface area contributed by atoms with Gasteiger partial charge in [-0.15, -0.1) is 0 Å². The molecule has 0 spiro atoms. The molecule has 0 aromatic rings. The maximum atomic E-state index is 5.87. The lowest BCUT2D eigenvalue weighted by Crippen LogP contribution is -2.25. The Morgan fingerprint density at radius 2 is 1.29 bits per heavy atom. The van der Waals surface area contributed by atoms with Gasteiger partial charge in [0.05, 0.1) is 12.1 Å². The first kappa shape index (κ1) is 16.3. The molecule has 0 aromatic heterocycles. The molecule has 21 heavy (non-hydrogen) atoms. The predicted octanol–water partition coefficient (Wildman–Crippen LogP) is 3.70. The van der Waals surface area contributed by atoms with E-state index < -0.39 is 0 Å². The van der Waals surface area contributed by atoms with Gasteiger partial charge in [-0.2, -0.15) is 0 Å². The first-order valence-electron chi connectivity index (χ1n) is 8.04. The van der Waals surface area contributed by atoms with Crippen LogP contribution in [0.1, 0.15) is 54.9 Å². The molecule has 2 unspecified atom stereocenters. The summed E-state index contributed by atoms with van der Waals surface area (Å²) in [5.74, 6) is 1.70. The minimum absolute atomic E-state index is 0.0738. The lowest BCUT2D eigenvalue weighted by atomic mass is 9.88. The first-order valence-corrected chi connectivity index (χ1v) is 8.04. The molecule has 4 heteroatoms. The zero-order chi connectivity index (χ0) is 15.8. The highest BCUT2D eigenvalue weighted by molar-refractivity contribution is 6.01. The molecular weight excluding hydrogens is 264 g/mol. The van der Waals surface area contributed by atoms with E-state index in [4.69, 9.17) is 19.5 Å². The van der Waals surface area contributed by atoms with Gasteiger partial charge in [0.25, 0.3) is 0 Å². The maximum absolute atomic E-state index is 5.87. The fourth-order valence-corrected chi connectivity index (χ4v) is 2.51. The Hall–Kier alpha value is -1.06. The van der Waals surface area contributed by atoms with Crippen LogP contribution in [0.4, 0.5) is 0 Å². The molecule has 0 N–H and O–H groups in total. The molecule has 2 aliphatic rings. The van der Waals surface area contributed by atoms with E-state index in [1.165, 1.54) is 0 Å². The van der Waals surface area contributed by atoms with Crippen LogP contribution in [0.2, 0.25) is 0 Å². The van der Waals surface area contributed by atoms with Gasteiger partial charge in [0.15, 0.2) is 11.8 Å². The molecule has 120 valence electrons. The van der Waals surface area contributed by atoms with E-state index in [9.17, 15) is 0 Å². The Labute approximate surface area is 129 Å². The number of hydrogen-bond donors (Lipinski definition) is 0. The van der Waals surface area contributed by atoms with Crippen molar-refractivity contribution in [3.8, 4) is 0 Å². The Kier molecular flexibility index (Phi) is 4.36. The summed E-state index contributed by atoms with van der Waals surface area (Å²) in [4.78, 5) is 9.59. The van der Waals surface area contributed by atoms with Crippen molar-refractivity contribution in [1.82, 2.24) is 0 Å². The van der Waals surface area contributed by atoms with Crippen molar-refractivity contribution >= 4 is 11.8 Å². The molecule has 0 amide bonds. The lowest BCUT2D eigenvalue weighted by molar-refractivity contribution is 0.222. The van der Waals surface area contributed by atoms with Gasteiger partial charge in [-0.1, -0.05) is 48.5 Å². The summed E-state index contributed by atoms with van der Waals surface area (Å²) in [6.45, 7) is 16.7. The molecule has 2 heterocycles. The quantitative estimate of drug-likeness (QED) is 0.796. The van der Waals surface area contributed by atoms with Crippen LogP contribution in [0, 0.1) is 16.7 Å². The smallest absolute Gasteiger partial charge is 0.196 e. The highest BCUT2D eigenvalue weighted by Gasteiger charge is 2.38. The van der Waals surface area contributed by atoms with Crippen LogP contribution in [0.25, 0.3) is 0 Å². The molecule has 0 bridgehead atoms. The van der Waals surface area contributed by atoms with Gasteiger partial charge in [-0.05, 0) is 17.3 Å². The third-order valence-corrected chi connectivity index (χ3v) is 4.35. The monoisotopic (exact) mass is 294 g/mol. The summed E-state index contributed by atoms with van der Waals surface area (Å²) in [6.07, 6.45) is 0.908. The highest BCUT2D eigenvalue weighted by Crippen LogP contribution is 2.31. The van der Waals surface area contributed by atoms with Crippen molar-refractivity contribution in [3.63, 3.8) is 0 Å². The van der Waals surface area contributed by atoms with E-state index in [0.717, 1.165) is 18.2 Å². The SMILES string of the molecule is CCC(C1=NC(C(C)(C)C)CO1)C1=NC(C(C)(C)C)CO1. The van der Waals surface area contributed by atoms with Crippen molar-refractivity contribution in [2.75, 3.05) is 13.2 Å². The number of ether oxygens (including phenoxy) is 2. The molecule has 2 rings (SSSR count). The molecule has 2 aliphatic heterocycles. The molecule has 0 radical (unpaired) electrons. The molecule has 0 aliphatic carbocycles. The Morgan fingerprint density at radius 3 is 1.52 bits per heavy atom. The summed E-state index contributed by atoms with van der Waals surface area (Å²) < 4.78 is 11.7. The molecular formula is C17H30N2O2. The van der Waals surface area contributed by atoms with Gasteiger partial charge in [-0.25, -0.2) is 9.98 Å². The second kappa shape index (κ2) is 5.62. The average molecular weight is 294 g/mol. The van der Waals surface area contributed by atoms with E-state index in [1.54, 1.807) is 0 Å². The van der Waals surface area contributed by atoms with E-state index >= 15 is 0 Å². The molecule has 0 fully saturated rings. The summed E-state index contributed by atoms with van der Waals surface area (Å²) in [6, 6.07) is 0.448. The van der Waals surface area contributed by atoms with Gasteiger partial charge in [0, 0.05) is 0 Å². The number of hydrogen-bond acceptors (Lipinski definition) is 4. The standard InChI is InChI=1S/C17H30N2O2/c1-8-11(14-18-12(9-20-14)16(2,3)4)15-19-13(10-21-15)17(5,6)7/h11-13H,8-10H2,1-7H3. The average Bonchev–Trinajstić information content (AvgIpc) is 2.96. The second-order valence-electron chi connectivity index (χ2n) is 8.28. The maximum Gasteiger partial charge on any atom is 0.196 e. The summed E-state index contributed by atoms with van der Waals surface area (Å²) in [5.41, 5.74) is 0.263. The molecule has 4 nitrogen and oxygen atoms in total. The van der Waals surface area contributed by atoms with Crippen LogP contribution in [-0.2, 0) is 9.47 Å². The topological polar surface area (TPSA) is 43.2 Å². The minimum Gasteiger partial charge on any atom is -0.478 e. The molecule has 0 saturated heterocycles.